The Morgan fingerprint density at radius 3 is 2.14 bits per heavy atom. The highest BCUT2D eigenvalue weighted by atomic mass is 79.9. The third-order valence-corrected chi connectivity index (χ3v) is 6.47. The number of nitrogens with zero attached hydrogens (tertiary/aromatic N) is 1. The molecule has 5 rings (SSSR count). The Morgan fingerprint density at radius 2 is 1.56 bits per heavy atom. The van der Waals surface area contributed by atoms with Gasteiger partial charge >= 0.3 is 12.1 Å². The minimum Gasteiger partial charge on any atom is -1.00 e. The smallest absolute Gasteiger partial charge is 0.411 e. The van der Waals surface area contributed by atoms with E-state index >= 15 is 0 Å². The number of fused-ring (bicyclic) bond motifs is 3. The number of rotatable bonds is 8. The van der Waals surface area contributed by atoms with E-state index in [2.05, 4.69) is 5.32 Å². The van der Waals surface area contributed by atoms with Crippen LogP contribution < -0.4 is 22.3 Å². The Bertz CT molecular complexity index is 965. The maximum absolute atomic E-state index is 12.5. The Morgan fingerprint density at radius 1 is 0.944 bits per heavy atom. The van der Waals surface area contributed by atoms with Crippen LogP contribution in [0.3, 0.4) is 0 Å². The molecule has 2 bridgehead atoms. The van der Waals surface area contributed by atoms with E-state index in [1.54, 1.807) is 19.2 Å². The number of nitrogens with one attached hydrogen (secondary N) is 1. The average Bonchev–Trinajstić information content (AvgIpc) is 2.86. The highest BCUT2D eigenvalue weighted by Gasteiger charge is 2.48. The first-order valence-corrected chi connectivity index (χ1v) is 12.0. The lowest BCUT2D eigenvalue weighted by molar-refractivity contribution is -0.938. The number of benzene rings is 2. The number of halogens is 1. The zero-order valence-electron chi connectivity index (χ0n) is 20.9. The van der Waals surface area contributed by atoms with Gasteiger partial charge in [0.15, 0.2) is 6.10 Å². The fourth-order valence-electron chi connectivity index (χ4n) is 4.70. The van der Waals surface area contributed by atoms with Gasteiger partial charge in [-0.15, -0.1) is 0 Å². The first-order valence-electron chi connectivity index (χ1n) is 12.0. The SMILES string of the molecule is CC(=O)O[C@H]1C[N+]2(CC(=O)c3ccccc3)CCC1CC2.COCCOC(=O)Nc1ccccc1.[Br-]. The van der Waals surface area contributed by atoms with Crippen LogP contribution in [0.4, 0.5) is 10.5 Å². The fourth-order valence-corrected chi connectivity index (χ4v) is 4.70. The quantitative estimate of drug-likeness (QED) is 0.223. The van der Waals surface area contributed by atoms with Crippen LogP contribution in [0, 0.1) is 5.92 Å². The molecule has 3 heterocycles. The van der Waals surface area contributed by atoms with E-state index in [9.17, 15) is 14.4 Å². The molecule has 2 aromatic rings. The lowest BCUT2D eigenvalue weighted by atomic mass is 9.83. The summed E-state index contributed by atoms with van der Waals surface area (Å²) in [6.07, 6.45) is 1.64. The van der Waals surface area contributed by atoms with Crippen molar-refractivity contribution in [2.24, 2.45) is 5.92 Å². The van der Waals surface area contributed by atoms with Crippen molar-refractivity contribution in [3.8, 4) is 0 Å². The fraction of sp³-hybridized carbons (Fsp3) is 0.444. The van der Waals surface area contributed by atoms with E-state index in [0.29, 0.717) is 19.1 Å². The van der Waals surface area contributed by atoms with Crippen molar-refractivity contribution in [3.63, 3.8) is 0 Å². The summed E-state index contributed by atoms with van der Waals surface area (Å²) in [6, 6.07) is 18.6. The third-order valence-electron chi connectivity index (χ3n) is 6.47. The molecule has 1 amide bonds. The number of esters is 1. The molecule has 3 fully saturated rings. The van der Waals surface area contributed by atoms with Crippen LogP contribution in [-0.4, -0.2) is 74.9 Å². The molecule has 3 aliphatic rings. The number of ether oxygens (including phenoxy) is 3. The van der Waals surface area contributed by atoms with Gasteiger partial charge in [-0.3, -0.25) is 14.9 Å². The predicted octanol–water partition coefficient (Wildman–Crippen LogP) is 0.927. The number of carbonyl (C=O) groups is 3. The largest absolute Gasteiger partial charge is 1.00 e. The van der Waals surface area contributed by atoms with Crippen LogP contribution >= 0.6 is 0 Å². The molecule has 36 heavy (non-hydrogen) atoms. The maximum atomic E-state index is 12.5. The number of anilines is 1. The topological polar surface area (TPSA) is 90.9 Å². The molecule has 0 radical (unpaired) electrons. The van der Waals surface area contributed by atoms with Crippen LogP contribution in [0.5, 0.6) is 0 Å². The summed E-state index contributed by atoms with van der Waals surface area (Å²) < 4.78 is 15.8. The number of hydrogen-bond acceptors (Lipinski definition) is 6. The number of para-hydroxylation sites is 1. The van der Waals surface area contributed by atoms with E-state index in [0.717, 1.165) is 48.2 Å². The van der Waals surface area contributed by atoms with Crippen LogP contribution in [-0.2, 0) is 19.0 Å². The minimum atomic E-state index is -0.465. The molecule has 2 aromatic carbocycles. The molecule has 0 saturated carbocycles. The second kappa shape index (κ2) is 14.7. The Balaban J connectivity index is 0.000000268. The molecule has 1 N–H and O–H groups in total. The van der Waals surface area contributed by atoms with Gasteiger partial charge in [0.25, 0.3) is 0 Å². The normalized spacial score (nSPS) is 21.7. The van der Waals surface area contributed by atoms with Crippen LogP contribution in [0.25, 0.3) is 0 Å². The summed E-state index contributed by atoms with van der Waals surface area (Å²) >= 11 is 0. The molecule has 8 nitrogen and oxygen atoms in total. The molecule has 0 aliphatic carbocycles. The standard InChI is InChI=1S/C17H22NO3.C10H13NO3.BrH/c1-13(19)21-17-12-18(9-7-15(17)8-10-18)11-16(20)14-5-3-2-4-6-14;1-13-7-8-14-10(12)11-9-5-3-2-4-6-9;/h2-6,15,17H,7-12H2,1H3;2-6H,7-8H2,1H3,(H,11,12);1H/q+1;;/p-1/t15?,17-,18?;;/m0../s1. The van der Waals surface area contributed by atoms with Crippen molar-refractivity contribution < 1.29 is 50.1 Å². The second-order valence-corrected chi connectivity index (χ2v) is 9.02. The summed E-state index contributed by atoms with van der Waals surface area (Å²) in [5.41, 5.74) is 1.50. The Hall–Kier alpha value is -2.75. The number of amides is 1. The van der Waals surface area contributed by atoms with Crippen molar-refractivity contribution in [2.45, 2.75) is 25.9 Å². The van der Waals surface area contributed by atoms with E-state index in [1.807, 2.05) is 48.5 Å². The molecule has 3 aliphatic heterocycles. The monoisotopic (exact) mass is 562 g/mol. The van der Waals surface area contributed by atoms with Gasteiger partial charge in [-0.2, -0.15) is 0 Å². The van der Waals surface area contributed by atoms with E-state index in [1.165, 1.54) is 6.92 Å². The molecule has 9 heteroatoms. The van der Waals surface area contributed by atoms with E-state index in [4.69, 9.17) is 14.2 Å². The number of piperidine rings is 3. The number of quaternary nitrogens is 1. The second-order valence-electron chi connectivity index (χ2n) is 9.02. The summed E-state index contributed by atoms with van der Waals surface area (Å²) in [5.74, 6) is 0.472. The first kappa shape index (κ1) is 29.5. The number of carbonyl (C=O) groups excluding carboxylic acids is 3. The predicted molar refractivity (Wildman–Crippen MR) is 132 cm³/mol. The van der Waals surface area contributed by atoms with E-state index in [-0.39, 0.29) is 41.4 Å². The number of ketones is 1. The number of Topliss-reactive ketones (excluding diaryl/α,β-unsaturated/α-hetero) is 1. The lowest BCUT2D eigenvalue weighted by Gasteiger charge is -2.51. The highest BCUT2D eigenvalue weighted by molar-refractivity contribution is 5.97. The van der Waals surface area contributed by atoms with Gasteiger partial charge in [0, 0.05) is 44.0 Å². The molecular formula is C27H35BrN2O6. The first-order chi connectivity index (χ1) is 16.9. The molecule has 1 atom stereocenters. The van der Waals surface area contributed by atoms with Gasteiger partial charge in [-0.05, 0) is 12.1 Å². The molecule has 0 unspecified atom stereocenters. The van der Waals surface area contributed by atoms with Crippen LogP contribution in [0.15, 0.2) is 60.7 Å². The molecule has 0 aromatic heterocycles. The van der Waals surface area contributed by atoms with Crippen LogP contribution in [0.1, 0.15) is 30.1 Å². The van der Waals surface area contributed by atoms with Crippen molar-refractivity contribution >= 4 is 23.5 Å². The highest BCUT2D eigenvalue weighted by Crippen LogP contribution is 2.35. The summed E-state index contributed by atoms with van der Waals surface area (Å²) in [5, 5.41) is 2.58. The van der Waals surface area contributed by atoms with Crippen LogP contribution in [0.2, 0.25) is 0 Å². The molecule has 0 spiro atoms. The number of methoxy groups -OCH3 is 1. The average molecular weight is 563 g/mol. The molecular weight excluding hydrogens is 528 g/mol. The van der Waals surface area contributed by atoms with Crippen molar-refractivity contribution in [2.75, 3.05) is 51.8 Å². The van der Waals surface area contributed by atoms with Gasteiger partial charge in [0.05, 0.1) is 19.7 Å². The summed E-state index contributed by atoms with van der Waals surface area (Å²) in [6.45, 7) is 5.51. The lowest BCUT2D eigenvalue weighted by Crippen LogP contribution is -3.00. The maximum Gasteiger partial charge on any atom is 0.411 e. The number of hydrogen-bond donors (Lipinski definition) is 1. The molecule has 3 saturated heterocycles. The Kier molecular flexibility index (Phi) is 12.1. The van der Waals surface area contributed by atoms with Gasteiger partial charge in [-0.25, -0.2) is 4.79 Å². The third kappa shape index (κ3) is 9.04. The van der Waals surface area contributed by atoms with Crippen molar-refractivity contribution in [1.82, 2.24) is 0 Å². The zero-order valence-corrected chi connectivity index (χ0v) is 22.4. The summed E-state index contributed by atoms with van der Waals surface area (Å²) in [7, 11) is 1.55. The minimum absolute atomic E-state index is 0. The van der Waals surface area contributed by atoms with Crippen molar-refractivity contribution in [1.29, 1.82) is 0 Å². The van der Waals surface area contributed by atoms with Crippen molar-refractivity contribution in [3.05, 3.63) is 66.2 Å². The Labute approximate surface area is 223 Å². The molecule has 196 valence electrons. The summed E-state index contributed by atoms with van der Waals surface area (Å²) in [4.78, 5) is 34.8. The van der Waals surface area contributed by atoms with Gasteiger partial charge in [0.2, 0.25) is 5.78 Å². The van der Waals surface area contributed by atoms with Gasteiger partial charge in [-0.1, -0.05) is 48.5 Å². The zero-order chi connectivity index (χ0) is 25.1. The van der Waals surface area contributed by atoms with Gasteiger partial charge < -0.3 is 35.7 Å². The van der Waals surface area contributed by atoms with E-state index < -0.39 is 6.09 Å². The van der Waals surface area contributed by atoms with Gasteiger partial charge in [0.1, 0.15) is 19.7 Å².